The maximum Gasteiger partial charge on any atom is 0.116 e. The van der Waals surface area contributed by atoms with Gasteiger partial charge in [-0.1, -0.05) is 59.1 Å². The number of anilines is 1. The SMILES string of the molecule is C=C/C=C(/c1ccccn1)c1cc(-c2n[nH]c3cnc(-c4cncc(NC(=C)CC(C)C)c4)cc23)[nH]c1C.CC. The zero-order valence-corrected chi connectivity index (χ0v) is 23.9. The summed E-state index contributed by atoms with van der Waals surface area (Å²) < 4.78 is 0. The summed E-state index contributed by atoms with van der Waals surface area (Å²) in [5.74, 6) is 0.527. The number of aromatic nitrogens is 6. The fourth-order valence-electron chi connectivity index (χ4n) is 4.59. The minimum Gasteiger partial charge on any atom is -0.358 e. The molecule has 0 aromatic carbocycles. The molecule has 5 aromatic heterocycles. The van der Waals surface area contributed by atoms with Crippen molar-refractivity contribution < 1.29 is 0 Å². The second kappa shape index (κ2) is 12.8. The lowest BCUT2D eigenvalue weighted by atomic mass is 10.0. The van der Waals surface area contributed by atoms with E-state index in [1.165, 1.54) is 0 Å². The van der Waals surface area contributed by atoms with Gasteiger partial charge in [-0.25, -0.2) is 0 Å². The van der Waals surface area contributed by atoms with Crippen LogP contribution in [0.4, 0.5) is 5.69 Å². The van der Waals surface area contributed by atoms with Gasteiger partial charge in [-0.15, -0.1) is 0 Å². The summed E-state index contributed by atoms with van der Waals surface area (Å²) >= 11 is 0. The third-order valence-corrected chi connectivity index (χ3v) is 6.24. The van der Waals surface area contributed by atoms with Crippen LogP contribution in [0, 0.1) is 12.8 Å². The predicted octanol–water partition coefficient (Wildman–Crippen LogP) is 8.33. The quantitative estimate of drug-likeness (QED) is 0.166. The molecule has 0 saturated carbocycles. The second-order valence-electron chi connectivity index (χ2n) is 9.73. The molecule has 5 aromatic rings. The van der Waals surface area contributed by atoms with E-state index >= 15 is 0 Å². The van der Waals surface area contributed by atoms with Crippen molar-refractivity contribution in [3.8, 4) is 22.6 Å². The Balaban J connectivity index is 0.00000181. The first-order valence-corrected chi connectivity index (χ1v) is 13.6. The Morgan fingerprint density at radius 2 is 1.90 bits per heavy atom. The van der Waals surface area contributed by atoms with Crippen molar-refractivity contribution >= 4 is 22.2 Å². The maximum absolute atomic E-state index is 4.67. The number of aryl methyl sites for hydroxylation is 1. The van der Waals surface area contributed by atoms with Gasteiger partial charge in [-0.2, -0.15) is 5.10 Å². The molecule has 5 rings (SSSR count). The van der Waals surface area contributed by atoms with E-state index in [2.05, 4.69) is 75.4 Å². The van der Waals surface area contributed by atoms with Crippen LogP contribution >= 0.6 is 0 Å². The monoisotopic (exact) mass is 531 g/mol. The minimum absolute atomic E-state index is 0.527. The molecule has 0 aliphatic heterocycles. The third kappa shape index (κ3) is 6.26. The smallest absolute Gasteiger partial charge is 0.116 e. The molecule has 0 bridgehead atoms. The lowest BCUT2D eigenvalue weighted by Gasteiger charge is -2.12. The average Bonchev–Trinajstić information content (AvgIpc) is 3.55. The van der Waals surface area contributed by atoms with Crippen LogP contribution in [-0.2, 0) is 0 Å². The van der Waals surface area contributed by atoms with Crippen molar-refractivity contribution in [1.29, 1.82) is 0 Å². The molecule has 0 aliphatic carbocycles. The number of nitrogens with one attached hydrogen (secondary N) is 3. The lowest BCUT2D eigenvalue weighted by Crippen LogP contribution is -2.02. The van der Waals surface area contributed by atoms with Gasteiger partial charge in [0.2, 0.25) is 0 Å². The van der Waals surface area contributed by atoms with Gasteiger partial charge in [0.1, 0.15) is 5.69 Å². The molecule has 0 fully saturated rings. The molecule has 0 unspecified atom stereocenters. The Morgan fingerprint density at radius 3 is 2.62 bits per heavy atom. The molecule has 204 valence electrons. The highest BCUT2D eigenvalue weighted by atomic mass is 15.1. The van der Waals surface area contributed by atoms with E-state index in [4.69, 9.17) is 0 Å². The number of rotatable bonds is 9. The zero-order valence-electron chi connectivity index (χ0n) is 23.9. The highest BCUT2D eigenvalue weighted by Crippen LogP contribution is 2.33. The first-order chi connectivity index (χ1) is 19.4. The van der Waals surface area contributed by atoms with Crippen LogP contribution in [0.3, 0.4) is 0 Å². The van der Waals surface area contributed by atoms with Crippen molar-refractivity contribution in [3.05, 3.63) is 109 Å². The van der Waals surface area contributed by atoms with Crippen molar-refractivity contribution in [2.75, 3.05) is 5.32 Å². The number of hydrogen-bond donors (Lipinski definition) is 3. The number of hydrogen-bond acceptors (Lipinski definition) is 5. The Kier molecular flexibility index (Phi) is 9.07. The van der Waals surface area contributed by atoms with Crippen LogP contribution in [0.25, 0.3) is 39.1 Å². The van der Waals surface area contributed by atoms with E-state index < -0.39 is 0 Å². The molecule has 7 nitrogen and oxygen atoms in total. The molecular weight excluding hydrogens is 494 g/mol. The van der Waals surface area contributed by atoms with E-state index in [0.29, 0.717) is 5.92 Å². The molecule has 0 spiro atoms. The Morgan fingerprint density at radius 1 is 1.07 bits per heavy atom. The van der Waals surface area contributed by atoms with Gasteiger partial charge in [0.15, 0.2) is 0 Å². The van der Waals surface area contributed by atoms with Crippen molar-refractivity contribution in [3.63, 3.8) is 0 Å². The Hall–Kier alpha value is -4.78. The van der Waals surface area contributed by atoms with E-state index in [0.717, 1.165) is 73.9 Å². The van der Waals surface area contributed by atoms with Gasteiger partial charge in [-0.3, -0.25) is 20.1 Å². The number of aromatic amines is 2. The van der Waals surface area contributed by atoms with Gasteiger partial charge in [-0.05, 0) is 49.6 Å². The normalized spacial score (nSPS) is 11.3. The van der Waals surface area contributed by atoms with Gasteiger partial charge in [0, 0.05) is 45.9 Å². The van der Waals surface area contributed by atoms with Crippen LogP contribution in [0.15, 0.2) is 92.2 Å². The summed E-state index contributed by atoms with van der Waals surface area (Å²) in [6.45, 7) is 18.4. The fraction of sp³-hybridized carbons (Fsp3) is 0.212. The summed E-state index contributed by atoms with van der Waals surface area (Å²) in [6.07, 6.45) is 11.9. The lowest BCUT2D eigenvalue weighted by molar-refractivity contribution is 0.645. The van der Waals surface area contributed by atoms with E-state index in [1.807, 2.05) is 62.6 Å². The number of allylic oxidation sites excluding steroid dienone is 3. The number of nitrogens with zero attached hydrogens (tertiary/aromatic N) is 4. The van der Waals surface area contributed by atoms with Crippen LogP contribution < -0.4 is 5.32 Å². The molecule has 7 heteroatoms. The maximum atomic E-state index is 4.67. The minimum atomic E-state index is 0.527. The van der Waals surface area contributed by atoms with Gasteiger partial charge in [0.25, 0.3) is 0 Å². The summed E-state index contributed by atoms with van der Waals surface area (Å²) in [6, 6.07) is 12.1. The third-order valence-electron chi connectivity index (χ3n) is 6.24. The molecular formula is C33H37N7. The predicted molar refractivity (Wildman–Crippen MR) is 167 cm³/mol. The topological polar surface area (TPSA) is 95.2 Å². The second-order valence-corrected chi connectivity index (χ2v) is 9.73. The molecule has 3 N–H and O–H groups in total. The summed E-state index contributed by atoms with van der Waals surface area (Å²) in [4.78, 5) is 17.2. The van der Waals surface area contributed by atoms with Crippen LogP contribution in [-0.4, -0.2) is 30.1 Å². The van der Waals surface area contributed by atoms with Crippen LogP contribution in [0.5, 0.6) is 0 Å². The first-order valence-electron chi connectivity index (χ1n) is 13.6. The summed E-state index contributed by atoms with van der Waals surface area (Å²) in [5.41, 5.74) is 10.1. The van der Waals surface area contributed by atoms with E-state index in [1.54, 1.807) is 18.5 Å². The molecule has 0 atom stereocenters. The molecule has 0 amide bonds. The average molecular weight is 532 g/mol. The highest BCUT2D eigenvalue weighted by Gasteiger charge is 2.17. The van der Waals surface area contributed by atoms with E-state index in [9.17, 15) is 0 Å². The van der Waals surface area contributed by atoms with Gasteiger partial charge < -0.3 is 10.3 Å². The highest BCUT2D eigenvalue weighted by molar-refractivity contribution is 5.95. The Bertz CT molecular complexity index is 1640. The largest absolute Gasteiger partial charge is 0.358 e. The summed E-state index contributed by atoms with van der Waals surface area (Å²) in [7, 11) is 0. The van der Waals surface area contributed by atoms with E-state index in [-0.39, 0.29) is 0 Å². The molecule has 0 aliphatic rings. The van der Waals surface area contributed by atoms with Gasteiger partial charge >= 0.3 is 0 Å². The first kappa shape index (κ1) is 28.2. The molecule has 0 saturated heterocycles. The zero-order chi connectivity index (χ0) is 28.6. The number of fused-ring (bicyclic) bond motifs is 1. The molecule has 0 radical (unpaired) electrons. The van der Waals surface area contributed by atoms with Crippen molar-refractivity contribution in [2.45, 2.75) is 41.0 Å². The van der Waals surface area contributed by atoms with Crippen molar-refractivity contribution in [2.24, 2.45) is 5.92 Å². The van der Waals surface area contributed by atoms with Gasteiger partial charge in [0.05, 0.1) is 40.7 Å². The van der Waals surface area contributed by atoms with Crippen LogP contribution in [0.1, 0.15) is 51.1 Å². The van der Waals surface area contributed by atoms with Crippen LogP contribution in [0.2, 0.25) is 0 Å². The summed E-state index contributed by atoms with van der Waals surface area (Å²) in [5, 5.41) is 12.1. The molecule has 40 heavy (non-hydrogen) atoms. The molecule has 5 heterocycles. The number of H-pyrrole nitrogens is 2. The van der Waals surface area contributed by atoms with Crippen molar-refractivity contribution in [1.82, 2.24) is 30.1 Å². The number of pyridine rings is 3. The Labute approximate surface area is 236 Å². The fourth-order valence-corrected chi connectivity index (χ4v) is 4.59. The standard InChI is InChI=1S/C31H31N7.C2H6/c1-6-9-24(27-10-7-8-11-33-27)25-14-29(36-21(25)5)31-26-15-28(34-18-30(26)37-38-31)22-13-23(17-32-16-22)35-20(4)12-19(2)3;1-2/h6-11,13-19,35-36H,1,4,12H2,2-3,5H3,(H,37,38);1-2H3/b24-9+;.